The lowest BCUT2D eigenvalue weighted by Crippen LogP contribution is -2.48. The van der Waals surface area contributed by atoms with Crippen molar-refractivity contribution in [2.45, 2.75) is 26.3 Å². The van der Waals surface area contributed by atoms with Crippen LogP contribution in [0.5, 0.6) is 0 Å². The minimum atomic E-state index is -0.638. The number of hydrogen-bond acceptors (Lipinski definition) is 4. The molecule has 0 aliphatic heterocycles. The fraction of sp³-hybridized carbons (Fsp3) is 0.538. The maximum atomic E-state index is 12.1. The van der Waals surface area contributed by atoms with Gasteiger partial charge >= 0.3 is 0 Å². The van der Waals surface area contributed by atoms with Crippen molar-refractivity contribution < 1.29 is 19.1 Å². The Morgan fingerprint density at radius 3 is 2.74 bits per heavy atom. The zero-order valence-electron chi connectivity index (χ0n) is 11.3. The van der Waals surface area contributed by atoms with E-state index >= 15 is 0 Å². The van der Waals surface area contributed by atoms with Crippen LogP contribution in [-0.2, 0) is 4.79 Å². The summed E-state index contributed by atoms with van der Waals surface area (Å²) in [5.74, 6) is -0.553. The van der Waals surface area contributed by atoms with Gasteiger partial charge in [0.2, 0.25) is 5.91 Å². The lowest BCUT2D eigenvalue weighted by Gasteiger charge is -2.25. The third kappa shape index (κ3) is 4.40. The fourth-order valence-corrected chi connectivity index (χ4v) is 1.73. The van der Waals surface area contributed by atoms with E-state index in [2.05, 4.69) is 5.32 Å². The molecule has 1 atom stereocenters. The summed E-state index contributed by atoms with van der Waals surface area (Å²) in [7, 11) is 0. The molecular formula is C13H20N2O4. The Morgan fingerprint density at radius 1 is 1.47 bits per heavy atom. The largest absolute Gasteiger partial charge is 0.472 e. The van der Waals surface area contributed by atoms with Gasteiger partial charge < -0.3 is 19.7 Å². The van der Waals surface area contributed by atoms with Crippen LogP contribution < -0.4 is 5.32 Å². The van der Waals surface area contributed by atoms with Gasteiger partial charge in [-0.15, -0.1) is 0 Å². The maximum Gasteiger partial charge on any atom is 0.255 e. The Morgan fingerprint density at radius 2 is 2.21 bits per heavy atom. The number of nitrogens with zero attached hydrogens (tertiary/aromatic N) is 1. The van der Waals surface area contributed by atoms with Gasteiger partial charge in [-0.05, 0) is 19.4 Å². The summed E-state index contributed by atoms with van der Waals surface area (Å²) in [6, 6.07) is 0.893. The molecule has 0 aliphatic rings. The van der Waals surface area contributed by atoms with Crippen molar-refractivity contribution in [3.63, 3.8) is 0 Å². The van der Waals surface area contributed by atoms with Crippen molar-refractivity contribution in [3.8, 4) is 0 Å². The predicted octanol–water partition coefficient (Wildman–Crippen LogP) is 0.629. The van der Waals surface area contributed by atoms with E-state index in [0.29, 0.717) is 12.1 Å². The van der Waals surface area contributed by atoms with Gasteiger partial charge in [0.05, 0.1) is 18.4 Å². The first-order valence-corrected chi connectivity index (χ1v) is 6.32. The maximum absolute atomic E-state index is 12.1. The van der Waals surface area contributed by atoms with Crippen LogP contribution in [0, 0.1) is 0 Å². The van der Waals surface area contributed by atoms with E-state index in [1.807, 2.05) is 6.92 Å². The molecule has 0 unspecified atom stereocenters. The molecule has 0 aromatic carbocycles. The molecule has 0 radical (unpaired) electrons. The van der Waals surface area contributed by atoms with Crippen LogP contribution in [0.4, 0.5) is 0 Å². The summed E-state index contributed by atoms with van der Waals surface area (Å²) in [6.45, 7) is 4.32. The third-order valence-corrected chi connectivity index (χ3v) is 2.68. The van der Waals surface area contributed by atoms with Crippen molar-refractivity contribution in [3.05, 3.63) is 24.2 Å². The van der Waals surface area contributed by atoms with Crippen LogP contribution in [0.1, 0.15) is 30.6 Å². The molecule has 0 saturated heterocycles. The van der Waals surface area contributed by atoms with Gasteiger partial charge in [-0.1, -0.05) is 6.92 Å². The van der Waals surface area contributed by atoms with Gasteiger partial charge in [0.25, 0.3) is 5.91 Å². The average molecular weight is 268 g/mol. The van der Waals surface area contributed by atoms with Crippen LogP contribution in [0.25, 0.3) is 0 Å². The standard InChI is InChI=1S/C13H20N2O4/c1-3-5-15(6-7-16)13(18)10(2)14-12(17)11-4-8-19-9-11/h4,8-10,16H,3,5-7H2,1-2H3,(H,14,17)/t10-/m0/s1. The van der Waals surface area contributed by atoms with E-state index in [1.165, 1.54) is 18.6 Å². The highest BCUT2D eigenvalue weighted by atomic mass is 16.3. The molecule has 6 nitrogen and oxygen atoms in total. The molecule has 6 heteroatoms. The zero-order valence-corrected chi connectivity index (χ0v) is 11.3. The summed E-state index contributed by atoms with van der Waals surface area (Å²) < 4.78 is 4.81. The zero-order chi connectivity index (χ0) is 14.3. The summed E-state index contributed by atoms with van der Waals surface area (Å²) in [5.41, 5.74) is 0.379. The molecule has 0 bridgehead atoms. The Bertz CT molecular complexity index is 397. The molecule has 0 saturated carbocycles. The average Bonchev–Trinajstić information content (AvgIpc) is 2.91. The number of amides is 2. The summed E-state index contributed by atoms with van der Waals surface area (Å²) in [6.07, 6.45) is 3.52. The van der Waals surface area contributed by atoms with Gasteiger partial charge in [0.1, 0.15) is 12.3 Å². The van der Waals surface area contributed by atoms with Gasteiger partial charge in [0.15, 0.2) is 0 Å². The summed E-state index contributed by atoms with van der Waals surface area (Å²) in [4.78, 5) is 25.4. The number of aliphatic hydroxyl groups is 1. The highest BCUT2D eigenvalue weighted by Crippen LogP contribution is 2.02. The van der Waals surface area contributed by atoms with Crippen molar-refractivity contribution in [1.82, 2.24) is 10.2 Å². The minimum absolute atomic E-state index is 0.0891. The smallest absolute Gasteiger partial charge is 0.255 e. The molecule has 1 rings (SSSR count). The molecule has 2 amide bonds. The van der Waals surface area contributed by atoms with Crippen LogP contribution in [0.3, 0.4) is 0 Å². The second-order valence-corrected chi connectivity index (χ2v) is 4.26. The van der Waals surface area contributed by atoms with Gasteiger partial charge in [-0.3, -0.25) is 9.59 Å². The minimum Gasteiger partial charge on any atom is -0.472 e. The van der Waals surface area contributed by atoms with E-state index in [-0.39, 0.29) is 25.0 Å². The lowest BCUT2D eigenvalue weighted by molar-refractivity contribution is -0.133. The molecule has 0 aliphatic carbocycles. The number of hydrogen-bond donors (Lipinski definition) is 2. The first-order valence-electron chi connectivity index (χ1n) is 6.32. The Hall–Kier alpha value is -1.82. The van der Waals surface area contributed by atoms with Crippen molar-refractivity contribution >= 4 is 11.8 Å². The van der Waals surface area contributed by atoms with Gasteiger partial charge in [0, 0.05) is 13.1 Å². The number of carbonyl (C=O) groups excluding carboxylic acids is 2. The number of aliphatic hydroxyl groups excluding tert-OH is 1. The number of nitrogens with one attached hydrogen (secondary N) is 1. The second-order valence-electron chi connectivity index (χ2n) is 4.26. The SMILES string of the molecule is CCCN(CCO)C(=O)[C@H](C)NC(=O)c1ccoc1. The Kier molecular flexibility index (Phi) is 6.08. The fourth-order valence-electron chi connectivity index (χ4n) is 1.73. The van der Waals surface area contributed by atoms with Crippen molar-refractivity contribution in [2.24, 2.45) is 0 Å². The highest BCUT2D eigenvalue weighted by Gasteiger charge is 2.21. The number of carbonyl (C=O) groups is 2. The van der Waals surface area contributed by atoms with Gasteiger partial charge in [-0.2, -0.15) is 0 Å². The van der Waals surface area contributed by atoms with Crippen LogP contribution in [0.2, 0.25) is 0 Å². The first-order chi connectivity index (χ1) is 9.10. The van der Waals surface area contributed by atoms with Crippen LogP contribution in [0.15, 0.2) is 23.0 Å². The van der Waals surface area contributed by atoms with Crippen molar-refractivity contribution in [2.75, 3.05) is 19.7 Å². The summed E-state index contributed by atoms with van der Waals surface area (Å²) in [5, 5.41) is 11.5. The van der Waals surface area contributed by atoms with E-state index in [1.54, 1.807) is 11.8 Å². The van der Waals surface area contributed by atoms with Crippen LogP contribution >= 0.6 is 0 Å². The summed E-state index contributed by atoms with van der Waals surface area (Å²) >= 11 is 0. The molecule has 0 fully saturated rings. The van der Waals surface area contributed by atoms with Crippen molar-refractivity contribution in [1.29, 1.82) is 0 Å². The molecule has 19 heavy (non-hydrogen) atoms. The molecular weight excluding hydrogens is 248 g/mol. The number of furan rings is 1. The van der Waals surface area contributed by atoms with E-state index < -0.39 is 6.04 Å². The second kappa shape index (κ2) is 7.58. The lowest BCUT2D eigenvalue weighted by atomic mass is 10.2. The topological polar surface area (TPSA) is 82.8 Å². The van der Waals surface area contributed by atoms with Gasteiger partial charge in [-0.25, -0.2) is 0 Å². The molecule has 1 aromatic heterocycles. The number of rotatable bonds is 7. The quantitative estimate of drug-likeness (QED) is 0.759. The molecule has 2 N–H and O–H groups in total. The molecule has 0 spiro atoms. The Balaban J connectivity index is 2.57. The monoisotopic (exact) mass is 268 g/mol. The highest BCUT2D eigenvalue weighted by molar-refractivity contribution is 5.97. The predicted molar refractivity (Wildman–Crippen MR) is 69.6 cm³/mol. The third-order valence-electron chi connectivity index (χ3n) is 2.68. The normalized spacial score (nSPS) is 11.9. The molecule has 106 valence electrons. The van der Waals surface area contributed by atoms with Crippen LogP contribution in [-0.4, -0.2) is 47.6 Å². The first kappa shape index (κ1) is 15.2. The molecule has 1 aromatic rings. The van der Waals surface area contributed by atoms with E-state index in [0.717, 1.165) is 6.42 Å². The molecule has 1 heterocycles. The van der Waals surface area contributed by atoms with E-state index in [9.17, 15) is 9.59 Å². The Labute approximate surface area is 112 Å². The van der Waals surface area contributed by atoms with E-state index in [4.69, 9.17) is 9.52 Å².